The van der Waals surface area contributed by atoms with Crippen LogP contribution in [0.2, 0.25) is 0 Å². The zero-order valence-corrected chi connectivity index (χ0v) is 24.7. The first-order chi connectivity index (χ1) is 20.1. The van der Waals surface area contributed by atoms with Crippen LogP contribution in [-0.2, 0) is 22.5 Å². The summed E-state index contributed by atoms with van der Waals surface area (Å²) in [6.07, 6.45) is 0.745. The third-order valence-electron chi connectivity index (χ3n) is 7.88. The first-order valence-corrected chi connectivity index (χ1v) is 14.4. The molecule has 0 spiro atoms. The van der Waals surface area contributed by atoms with Crippen molar-refractivity contribution in [1.29, 1.82) is 0 Å². The van der Waals surface area contributed by atoms with Crippen LogP contribution in [0.4, 0.5) is 0 Å². The van der Waals surface area contributed by atoms with Crippen LogP contribution in [0.25, 0.3) is 22.5 Å². The third-order valence-corrected chi connectivity index (χ3v) is 7.88. The predicted molar refractivity (Wildman–Crippen MR) is 159 cm³/mol. The van der Waals surface area contributed by atoms with Gasteiger partial charge in [-0.2, -0.15) is 0 Å². The first kappa shape index (κ1) is 29.2. The molecule has 0 bridgehead atoms. The minimum Gasteiger partial charge on any atom is -0.372 e. The van der Waals surface area contributed by atoms with Crippen molar-refractivity contribution in [2.45, 2.75) is 72.1 Å². The van der Waals surface area contributed by atoms with E-state index >= 15 is 0 Å². The highest BCUT2D eigenvalue weighted by molar-refractivity contribution is 5.80. The molecule has 4 aromatic rings. The van der Waals surface area contributed by atoms with Gasteiger partial charge in [-0.15, -0.1) is 0 Å². The minimum atomic E-state index is -0.612. The number of aromatic nitrogens is 4. The molecule has 3 unspecified atom stereocenters. The number of aryl methyl sites for hydroxylation is 1. The molecule has 10 nitrogen and oxygen atoms in total. The number of hydrogen-bond acceptors (Lipinski definition) is 7. The standard InChI is InChI=1S/C32H37N5O5/c1-6-19(2)30-33-22(5)27(15-28(38)36-16-20(3)41-21(4)17-36)31(39)37(30)18-23-11-13-24(14-12-23)25-9-7-8-10-26(25)29-34-32(40)42-35-29/h7-14,19-21H,6,15-18H2,1-5H3,(H,34,35,40). The van der Waals surface area contributed by atoms with Crippen LogP contribution < -0.4 is 11.3 Å². The normalized spacial score (nSPS) is 17.8. The zero-order chi connectivity index (χ0) is 30.0. The maximum atomic E-state index is 14.0. The van der Waals surface area contributed by atoms with Crippen LogP contribution in [0.5, 0.6) is 0 Å². The van der Waals surface area contributed by atoms with Crippen LogP contribution in [0, 0.1) is 6.92 Å². The average Bonchev–Trinajstić information content (AvgIpc) is 3.42. The second kappa shape index (κ2) is 12.3. The molecule has 2 aromatic carbocycles. The molecule has 1 aliphatic rings. The molecule has 1 N–H and O–H groups in total. The largest absolute Gasteiger partial charge is 0.439 e. The molecule has 2 aromatic heterocycles. The molecule has 0 saturated carbocycles. The van der Waals surface area contributed by atoms with Gasteiger partial charge in [-0.05, 0) is 43.9 Å². The van der Waals surface area contributed by atoms with Gasteiger partial charge in [0.05, 0.1) is 25.2 Å². The number of aromatic amines is 1. The molecule has 42 heavy (non-hydrogen) atoms. The summed E-state index contributed by atoms with van der Waals surface area (Å²) in [4.78, 5) is 48.0. The summed E-state index contributed by atoms with van der Waals surface area (Å²) < 4.78 is 12.2. The van der Waals surface area contributed by atoms with Crippen LogP contribution in [0.1, 0.15) is 62.7 Å². The Morgan fingerprint density at radius 2 is 1.71 bits per heavy atom. The van der Waals surface area contributed by atoms with Crippen molar-refractivity contribution in [2.24, 2.45) is 0 Å². The SMILES string of the molecule is CCC(C)c1nc(C)c(CC(=O)N2CC(C)OC(C)C2)c(=O)n1Cc1ccc(-c2ccccc2-c2noc(=O)[nH]2)cc1. The van der Waals surface area contributed by atoms with Crippen molar-refractivity contribution in [1.82, 2.24) is 24.6 Å². The number of carbonyl (C=O) groups is 1. The highest BCUT2D eigenvalue weighted by Gasteiger charge is 2.28. The lowest BCUT2D eigenvalue weighted by atomic mass is 9.98. The molecular weight excluding hydrogens is 534 g/mol. The van der Waals surface area contributed by atoms with Crippen molar-refractivity contribution < 1.29 is 14.1 Å². The minimum absolute atomic E-state index is 0.0117. The maximum absolute atomic E-state index is 14.0. The topological polar surface area (TPSA) is 123 Å². The molecule has 1 aliphatic heterocycles. The number of morpholine rings is 1. The molecule has 220 valence electrons. The van der Waals surface area contributed by atoms with Gasteiger partial charge in [-0.25, -0.2) is 9.78 Å². The summed E-state index contributed by atoms with van der Waals surface area (Å²) in [7, 11) is 0. The van der Waals surface area contributed by atoms with Gasteiger partial charge in [0.15, 0.2) is 5.82 Å². The lowest BCUT2D eigenvalue weighted by Gasteiger charge is -2.35. The molecule has 1 saturated heterocycles. The summed E-state index contributed by atoms with van der Waals surface area (Å²) in [5, 5.41) is 3.84. The molecular formula is C32H37N5O5. The zero-order valence-electron chi connectivity index (χ0n) is 24.7. The second-order valence-corrected chi connectivity index (χ2v) is 11.2. The van der Waals surface area contributed by atoms with Gasteiger partial charge in [0.25, 0.3) is 5.56 Å². The van der Waals surface area contributed by atoms with Crippen molar-refractivity contribution in [3.8, 4) is 22.5 Å². The predicted octanol–water partition coefficient (Wildman–Crippen LogP) is 4.30. The number of nitrogens with one attached hydrogen (secondary N) is 1. The second-order valence-electron chi connectivity index (χ2n) is 11.2. The van der Waals surface area contributed by atoms with Crippen LogP contribution >= 0.6 is 0 Å². The number of carbonyl (C=O) groups excluding carboxylic acids is 1. The number of H-pyrrole nitrogens is 1. The van der Waals surface area contributed by atoms with Crippen LogP contribution in [0.15, 0.2) is 62.6 Å². The van der Waals surface area contributed by atoms with E-state index in [0.717, 1.165) is 28.7 Å². The first-order valence-electron chi connectivity index (χ1n) is 14.4. The molecule has 1 amide bonds. The van der Waals surface area contributed by atoms with E-state index in [4.69, 9.17) is 14.2 Å². The molecule has 0 radical (unpaired) electrons. The molecule has 1 fully saturated rings. The van der Waals surface area contributed by atoms with Crippen molar-refractivity contribution >= 4 is 5.91 Å². The smallest absolute Gasteiger partial charge is 0.372 e. The van der Waals surface area contributed by atoms with Gasteiger partial charge in [-0.1, -0.05) is 67.5 Å². The van der Waals surface area contributed by atoms with E-state index in [9.17, 15) is 14.4 Å². The molecule has 10 heteroatoms. The van der Waals surface area contributed by atoms with Crippen LogP contribution in [0.3, 0.4) is 0 Å². The number of nitrogens with zero attached hydrogens (tertiary/aromatic N) is 4. The highest BCUT2D eigenvalue weighted by atomic mass is 16.5. The molecule has 3 atom stereocenters. The third kappa shape index (κ3) is 6.13. The summed E-state index contributed by atoms with van der Waals surface area (Å²) in [5.41, 5.74) is 4.34. The van der Waals surface area contributed by atoms with E-state index in [-0.39, 0.29) is 36.0 Å². The molecule has 3 heterocycles. The average molecular weight is 572 g/mol. The number of amides is 1. The van der Waals surface area contributed by atoms with Gasteiger partial charge in [-0.3, -0.25) is 23.7 Å². The monoisotopic (exact) mass is 571 g/mol. The summed E-state index contributed by atoms with van der Waals surface area (Å²) >= 11 is 0. The number of hydrogen-bond donors (Lipinski definition) is 1. The van der Waals surface area contributed by atoms with Gasteiger partial charge < -0.3 is 9.64 Å². The van der Waals surface area contributed by atoms with Gasteiger partial charge >= 0.3 is 5.76 Å². The van der Waals surface area contributed by atoms with Gasteiger partial charge in [0.1, 0.15) is 5.82 Å². The highest BCUT2D eigenvalue weighted by Crippen LogP contribution is 2.30. The Labute approximate surface area is 244 Å². The van der Waals surface area contributed by atoms with Crippen molar-refractivity contribution in [2.75, 3.05) is 13.1 Å². The Morgan fingerprint density at radius 1 is 1.05 bits per heavy atom. The Kier molecular flexibility index (Phi) is 8.54. The van der Waals surface area contributed by atoms with Gasteiger partial charge in [0.2, 0.25) is 5.91 Å². The number of ether oxygens (including phenoxy) is 1. The van der Waals surface area contributed by atoms with E-state index in [2.05, 4.69) is 24.0 Å². The molecule has 5 rings (SSSR count). The van der Waals surface area contributed by atoms with E-state index < -0.39 is 5.76 Å². The fourth-order valence-electron chi connectivity index (χ4n) is 5.54. The quantitative estimate of drug-likeness (QED) is 0.334. The Bertz CT molecular complexity index is 1680. The van der Waals surface area contributed by atoms with E-state index in [1.807, 2.05) is 69.3 Å². The number of benzene rings is 2. The van der Waals surface area contributed by atoms with Crippen molar-refractivity contribution in [3.63, 3.8) is 0 Å². The van der Waals surface area contributed by atoms with E-state index in [1.165, 1.54) is 0 Å². The summed E-state index contributed by atoms with van der Waals surface area (Å²) in [6.45, 7) is 11.2. The Morgan fingerprint density at radius 3 is 2.33 bits per heavy atom. The summed E-state index contributed by atoms with van der Waals surface area (Å²) in [5.74, 6) is 0.447. The van der Waals surface area contributed by atoms with E-state index in [0.29, 0.717) is 42.5 Å². The fraction of sp³-hybridized carbons (Fsp3) is 0.406. The van der Waals surface area contributed by atoms with Crippen LogP contribution in [-0.4, -0.2) is 55.8 Å². The lowest BCUT2D eigenvalue weighted by molar-refractivity contribution is -0.142. The van der Waals surface area contributed by atoms with Crippen molar-refractivity contribution in [3.05, 3.63) is 92.1 Å². The van der Waals surface area contributed by atoms with Gasteiger partial charge in [0, 0.05) is 35.8 Å². The maximum Gasteiger partial charge on any atom is 0.439 e. The lowest BCUT2D eigenvalue weighted by Crippen LogP contribution is -2.49. The summed E-state index contributed by atoms with van der Waals surface area (Å²) in [6, 6.07) is 15.5. The Balaban J connectivity index is 1.45. The van der Waals surface area contributed by atoms with E-state index in [1.54, 1.807) is 9.47 Å². The Hall–Kier alpha value is -4.31. The molecule has 0 aliphatic carbocycles. The number of rotatable bonds is 8. The fourth-order valence-corrected chi connectivity index (χ4v) is 5.54.